The molecule has 0 spiro atoms. The quantitative estimate of drug-likeness (QED) is 0.306. The Morgan fingerprint density at radius 1 is 1.21 bits per heavy atom. The van der Waals surface area contributed by atoms with Crippen LogP contribution in [0.2, 0.25) is 0 Å². The van der Waals surface area contributed by atoms with E-state index in [4.69, 9.17) is 0 Å². The summed E-state index contributed by atoms with van der Waals surface area (Å²) in [6, 6.07) is 0. The van der Waals surface area contributed by atoms with Gasteiger partial charge in [0.05, 0.1) is 13.2 Å². The lowest BCUT2D eigenvalue weighted by atomic mass is 9.80. The molecule has 2 aliphatic rings. The van der Waals surface area contributed by atoms with E-state index >= 15 is 0 Å². The van der Waals surface area contributed by atoms with Gasteiger partial charge < -0.3 is 9.84 Å². The Kier molecular flexibility index (Phi) is 9.97. The van der Waals surface area contributed by atoms with E-state index in [1.165, 1.54) is 32.8 Å². The first-order chi connectivity index (χ1) is 13.5. The molecule has 1 fully saturated rings. The highest BCUT2D eigenvalue weighted by Gasteiger charge is 2.28. The van der Waals surface area contributed by atoms with E-state index in [2.05, 4.69) is 11.7 Å². The molecule has 0 saturated heterocycles. The van der Waals surface area contributed by atoms with Crippen molar-refractivity contribution in [1.29, 1.82) is 0 Å². The van der Waals surface area contributed by atoms with Gasteiger partial charge in [-0.15, -0.1) is 0 Å². The van der Waals surface area contributed by atoms with Crippen LogP contribution in [0.4, 0.5) is 0 Å². The second kappa shape index (κ2) is 12.2. The first kappa shape index (κ1) is 22.9. The zero-order valence-electron chi connectivity index (χ0n) is 17.6. The predicted molar refractivity (Wildman–Crippen MR) is 112 cm³/mol. The molecule has 0 amide bonds. The SMILES string of the molecule is COC(=O)CCCCCC[C@H]1C(=O)C=C[C@@H]1/C=C/C(O)CC1CCC(C)CC1. The predicted octanol–water partition coefficient (Wildman–Crippen LogP) is 5.00. The molecule has 0 aromatic rings. The molecule has 28 heavy (non-hydrogen) atoms. The van der Waals surface area contributed by atoms with Gasteiger partial charge in [-0.05, 0) is 37.2 Å². The van der Waals surface area contributed by atoms with Crippen LogP contribution < -0.4 is 0 Å². The van der Waals surface area contributed by atoms with Crippen LogP contribution in [0.25, 0.3) is 0 Å². The van der Waals surface area contributed by atoms with Crippen LogP contribution in [0.5, 0.6) is 0 Å². The summed E-state index contributed by atoms with van der Waals surface area (Å²) >= 11 is 0. The Labute approximate surface area is 170 Å². The number of ether oxygens (including phenoxy) is 1. The molecule has 3 atom stereocenters. The molecule has 2 rings (SSSR count). The number of rotatable bonds is 11. The Hall–Kier alpha value is -1.42. The summed E-state index contributed by atoms with van der Waals surface area (Å²) in [7, 11) is 1.42. The molecular formula is C24H38O4. The minimum Gasteiger partial charge on any atom is -0.469 e. The highest BCUT2D eigenvalue weighted by molar-refractivity contribution is 5.94. The van der Waals surface area contributed by atoms with Crippen molar-refractivity contribution in [2.24, 2.45) is 23.7 Å². The minimum absolute atomic E-state index is 0.0135. The van der Waals surface area contributed by atoms with Gasteiger partial charge in [0.15, 0.2) is 5.78 Å². The Bertz CT molecular complexity index is 543. The van der Waals surface area contributed by atoms with Crippen LogP contribution in [0, 0.1) is 23.7 Å². The van der Waals surface area contributed by atoms with Crippen LogP contribution in [0.1, 0.15) is 77.6 Å². The van der Waals surface area contributed by atoms with Crippen molar-refractivity contribution in [2.75, 3.05) is 7.11 Å². The second-order valence-electron chi connectivity index (χ2n) is 8.79. The number of hydrogen-bond acceptors (Lipinski definition) is 4. The van der Waals surface area contributed by atoms with Gasteiger partial charge >= 0.3 is 5.97 Å². The van der Waals surface area contributed by atoms with Gasteiger partial charge in [0, 0.05) is 18.3 Å². The molecule has 2 aliphatic carbocycles. The third-order valence-corrected chi connectivity index (χ3v) is 6.45. The van der Waals surface area contributed by atoms with Gasteiger partial charge in [-0.2, -0.15) is 0 Å². The van der Waals surface area contributed by atoms with Gasteiger partial charge in [0.25, 0.3) is 0 Å². The van der Waals surface area contributed by atoms with Crippen LogP contribution in [0.15, 0.2) is 24.3 Å². The smallest absolute Gasteiger partial charge is 0.305 e. The Morgan fingerprint density at radius 2 is 1.93 bits per heavy atom. The number of esters is 1. The summed E-state index contributed by atoms with van der Waals surface area (Å²) in [5, 5.41) is 10.4. The molecular weight excluding hydrogens is 352 g/mol. The zero-order valence-corrected chi connectivity index (χ0v) is 17.6. The number of hydrogen-bond donors (Lipinski definition) is 1. The summed E-state index contributed by atoms with van der Waals surface area (Å²) < 4.78 is 4.64. The number of aliphatic hydroxyl groups is 1. The molecule has 1 saturated carbocycles. The highest BCUT2D eigenvalue weighted by Crippen LogP contribution is 2.32. The number of unbranched alkanes of at least 4 members (excludes halogenated alkanes) is 3. The lowest BCUT2D eigenvalue weighted by molar-refractivity contribution is -0.140. The zero-order chi connectivity index (χ0) is 20.4. The molecule has 1 N–H and O–H groups in total. The van der Waals surface area contributed by atoms with Crippen LogP contribution in [0.3, 0.4) is 0 Å². The minimum atomic E-state index is -0.401. The van der Waals surface area contributed by atoms with Crippen molar-refractivity contribution in [2.45, 2.75) is 83.7 Å². The van der Waals surface area contributed by atoms with Gasteiger partial charge in [-0.3, -0.25) is 9.59 Å². The maximum atomic E-state index is 12.2. The molecule has 4 nitrogen and oxygen atoms in total. The third-order valence-electron chi connectivity index (χ3n) is 6.45. The number of methoxy groups -OCH3 is 1. The van der Waals surface area contributed by atoms with Gasteiger partial charge in [-0.25, -0.2) is 0 Å². The molecule has 0 bridgehead atoms. The molecule has 0 heterocycles. The van der Waals surface area contributed by atoms with Crippen LogP contribution >= 0.6 is 0 Å². The first-order valence-corrected chi connectivity index (χ1v) is 11.1. The van der Waals surface area contributed by atoms with Crippen molar-refractivity contribution < 1.29 is 19.4 Å². The number of carbonyl (C=O) groups excluding carboxylic acids is 2. The topological polar surface area (TPSA) is 63.6 Å². The largest absolute Gasteiger partial charge is 0.469 e. The molecule has 158 valence electrons. The fraction of sp³-hybridized carbons (Fsp3) is 0.750. The van der Waals surface area contributed by atoms with Crippen molar-refractivity contribution in [3.8, 4) is 0 Å². The van der Waals surface area contributed by atoms with Crippen LogP contribution in [-0.4, -0.2) is 30.1 Å². The average Bonchev–Trinajstić information content (AvgIpc) is 3.04. The lowest BCUT2D eigenvalue weighted by Gasteiger charge is -2.27. The normalized spacial score (nSPS) is 28.8. The Morgan fingerprint density at radius 3 is 2.64 bits per heavy atom. The second-order valence-corrected chi connectivity index (χ2v) is 8.79. The van der Waals surface area contributed by atoms with Crippen molar-refractivity contribution in [3.05, 3.63) is 24.3 Å². The molecule has 0 aromatic heterocycles. The van der Waals surface area contributed by atoms with E-state index in [0.29, 0.717) is 12.3 Å². The summed E-state index contributed by atoms with van der Waals surface area (Å²) in [6.45, 7) is 2.31. The summed E-state index contributed by atoms with van der Waals surface area (Å²) in [6.07, 6.45) is 18.3. The van der Waals surface area contributed by atoms with E-state index in [9.17, 15) is 14.7 Å². The summed E-state index contributed by atoms with van der Waals surface area (Å²) in [4.78, 5) is 23.3. The summed E-state index contributed by atoms with van der Waals surface area (Å²) in [5.41, 5.74) is 0. The maximum absolute atomic E-state index is 12.2. The van der Waals surface area contributed by atoms with Gasteiger partial charge in [-0.1, -0.05) is 70.1 Å². The van der Waals surface area contributed by atoms with Crippen LogP contribution in [-0.2, 0) is 14.3 Å². The van der Waals surface area contributed by atoms with Crippen molar-refractivity contribution in [1.82, 2.24) is 0 Å². The fourth-order valence-corrected chi connectivity index (χ4v) is 4.52. The van der Waals surface area contributed by atoms with E-state index < -0.39 is 6.10 Å². The van der Waals surface area contributed by atoms with Crippen molar-refractivity contribution in [3.63, 3.8) is 0 Å². The van der Waals surface area contributed by atoms with Gasteiger partial charge in [0.2, 0.25) is 0 Å². The Balaban J connectivity index is 1.68. The standard InChI is InChI=1S/C24H38O4/c1-18-9-11-19(12-10-18)17-21(25)15-13-20-14-16-23(26)22(20)7-5-3-4-6-8-24(27)28-2/h13-16,18-22,25H,3-12,17H2,1-2H3/b15-13+/t18?,19?,20-,21?,22+/m0/s1. The maximum Gasteiger partial charge on any atom is 0.305 e. The van der Waals surface area contributed by atoms with Gasteiger partial charge in [0.1, 0.15) is 0 Å². The van der Waals surface area contributed by atoms with E-state index in [1.54, 1.807) is 6.08 Å². The molecule has 1 unspecified atom stereocenters. The molecule has 0 aliphatic heterocycles. The third kappa shape index (κ3) is 7.90. The number of allylic oxidation sites excluding steroid dienone is 3. The number of ketones is 1. The lowest BCUT2D eigenvalue weighted by Crippen LogP contribution is -2.18. The fourth-order valence-electron chi connectivity index (χ4n) is 4.52. The van der Waals surface area contributed by atoms with E-state index in [-0.39, 0.29) is 23.6 Å². The molecule has 4 heteroatoms. The molecule has 0 aromatic carbocycles. The average molecular weight is 391 g/mol. The first-order valence-electron chi connectivity index (χ1n) is 11.1. The number of carbonyl (C=O) groups is 2. The van der Waals surface area contributed by atoms with E-state index in [0.717, 1.165) is 44.4 Å². The monoisotopic (exact) mass is 390 g/mol. The molecule has 0 radical (unpaired) electrons. The summed E-state index contributed by atoms with van der Waals surface area (Å²) in [5.74, 6) is 1.65. The number of aliphatic hydroxyl groups excluding tert-OH is 1. The van der Waals surface area contributed by atoms with Crippen molar-refractivity contribution >= 4 is 11.8 Å². The highest BCUT2D eigenvalue weighted by atomic mass is 16.5. The van der Waals surface area contributed by atoms with E-state index in [1.807, 2.05) is 18.2 Å².